The third-order valence-electron chi connectivity index (χ3n) is 4.46. The Morgan fingerprint density at radius 1 is 1.00 bits per heavy atom. The zero-order valence-electron chi connectivity index (χ0n) is 15.9. The molecular weight excluding hydrogens is 324 g/mol. The Hall–Kier alpha value is -2.62. The van der Waals surface area contributed by atoms with Crippen LogP contribution in [0.3, 0.4) is 0 Å². The van der Waals surface area contributed by atoms with Crippen molar-refractivity contribution in [1.82, 2.24) is 10.2 Å². The van der Waals surface area contributed by atoms with Gasteiger partial charge in [0.15, 0.2) is 0 Å². The molecule has 0 aliphatic carbocycles. The average molecular weight is 352 g/mol. The molecule has 2 aromatic carbocycles. The van der Waals surface area contributed by atoms with Gasteiger partial charge in [0.05, 0.1) is 0 Å². The predicted octanol–water partition coefficient (Wildman–Crippen LogP) is 3.48. The molecule has 138 valence electrons. The van der Waals surface area contributed by atoms with Crippen LogP contribution in [0.25, 0.3) is 0 Å². The third-order valence-corrected chi connectivity index (χ3v) is 4.46. The summed E-state index contributed by atoms with van der Waals surface area (Å²) in [5, 5.41) is 2.81. The summed E-state index contributed by atoms with van der Waals surface area (Å²) in [6, 6.07) is 17.5. The van der Waals surface area contributed by atoms with E-state index < -0.39 is 6.04 Å². The Bertz CT molecular complexity index is 711. The van der Waals surface area contributed by atoms with Crippen LogP contribution in [-0.2, 0) is 22.6 Å². The highest BCUT2D eigenvalue weighted by Gasteiger charge is 2.25. The molecule has 0 saturated heterocycles. The summed E-state index contributed by atoms with van der Waals surface area (Å²) in [7, 11) is 0. The van der Waals surface area contributed by atoms with E-state index in [0.717, 1.165) is 11.1 Å². The molecule has 0 spiro atoms. The monoisotopic (exact) mass is 352 g/mol. The van der Waals surface area contributed by atoms with Crippen molar-refractivity contribution in [2.24, 2.45) is 0 Å². The molecule has 0 aliphatic rings. The third kappa shape index (κ3) is 5.73. The molecule has 0 fully saturated rings. The number of amides is 2. The largest absolute Gasteiger partial charge is 0.355 e. The first-order valence-electron chi connectivity index (χ1n) is 9.18. The number of likely N-dealkylation sites (N-methyl/N-ethyl adjacent to an activating group) is 1. The predicted molar refractivity (Wildman–Crippen MR) is 105 cm³/mol. The van der Waals surface area contributed by atoms with Crippen LogP contribution in [0.2, 0.25) is 0 Å². The first-order valence-corrected chi connectivity index (χ1v) is 9.18. The summed E-state index contributed by atoms with van der Waals surface area (Å²) in [5.41, 5.74) is 3.36. The summed E-state index contributed by atoms with van der Waals surface area (Å²) in [6.07, 6.45) is 1.06. The molecule has 4 nitrogen and oxygen atoms in total. The van der Waals surface area contributed by atoms with Gasteiger partial charge in [0, 0.05) is 19.5 Å². The molecule has 2 aromatic rings. The molecule has 1 N–H and O–H groups in total. The Kier molecular flexibility index (Phi) is 7.39. The second-order valence-corrected chi connectivity index (χ2v) is 6.56. The van der Waals surface area contributed by atoms with Crippen LogP contribution in [0, 0.1) is 6.92 Å². The van der Waals surface area contributed by atoms with E-state index in [4.69, 9.17) is 0 Å². The number of nitrogens with one attached hydrogen (secondary N) is 1. The van der Waals surface area contributed by atoms with Crippen LogP contribution in [0.15, 0.2) is 54.6 Å². The minimum atomic E-state index is -0.499. The van der Waals surface area contributed by atoms with Crippen LogP contribution in [0.4, 0.5) is 0 Å². The molecular formula is C22H28N2O2. The SMILES string of the molecule is CCNC(=O)[C@H](C)N(Cc1ccccc1)C(=O)CCc1ccc(C)cc1. The Morgan fingerprint density at radius 3 is 2.27 bits per heavy atom. The lowest BCUT2D eigenvalue weighted by atomic mass is 10.1. The van der Waals surface area contributed by atoms with Gasteiger partial charge in [-0.25, -0.2) is 0 Å². The average Bonchev–Trinajstić information content (AvgIpc) is 2.66. The van der Waals surface area contributed by atoms with E-state index in [1.54, 1.807) is 11.8 Å². The molecule has 26 heavy (non-hydrogen) atoms. The van der Waals surface area contributed by atoms with Gasteiger partial charge in [-0.2, -0.15) is 0 Å². The molecule has 2 rings (SSSR count). The Morgan fingerprint density at radius 2 is 1.65 bits per heavy atom. The molecule has 0 saturated carbocycles. The van der Waals surface area contributed by atoms with E-state index in [1.807, 2.05) is 44.2 Å². The highest BCUT2D eigenvalue weighted by atomic mass is 16.2. The molecule has 0 aromatic heterocycles. The highest BCUT2D eigenvalue weighted by Crippen LogP contribution is 2.13. The summed E-state index contributed by atoms with van der Waals surface area (Å²) in [4.78, 5) is 26.8. The lowest BCUT2D eigenvalue weighted by Gasteiger charge is -2.28. The number of carbonyl (C=O) groups excluding carboxylic acids is 2. The Balaban J connectivity index is 2.09. The lowest BCUT2D eigenvalue weighted by Crippen LogP contribution is -2.47. The van der Waals surface area contributed by atoms with Gasteiger partial charge in [-0.05, 0) is 38.3 Å². The van der Waals surface area contributed by atoms with Gasteiger partial charge in [0.25, 0.3) is 0 Å². The molecule has 1 atom stereocenters. The number of hydrogen-bond acceptors (Lipinski definition) is 2. The number of rotatable bonds is 8. The standard InChI is InChI=1S/C22H28N2O2/c1-4-23-22(26)18(3)24(16-20-8-6-5-7-9-20)21(25)15-14-19-12-10-17(2)11-13-19/h5-13,18H,4,14-16H2,1-3H3,(H,23,26)/t18-/m0/s1. The van der Waals surface area contributed by atoms with Crippen LogP contribution >= 0.6 is 0 Å². The van der Waals surface area contributed by atoms with Crippen molar-refractivity contribution >= 4 is 11.8 Å². The van der Waals surface area contributed by atoms with Crippen LogP contribution in [-0.4, -0.2) is 29.3 Å². The fraction of sp³-hybridized carbons (Fsp3) is 0.364. The molecule has 0 unspecified atom stereocenters. The smallest absolute Gasteiger partial charge is 0.242 e. The Labute approximate surface area is 156 Å². The summed E-state index contributed by atoms with van der Waals surface area (Å²) in [5.74, 6) is -0.125. The van der Waals surface area contributed by atoms with Gasteiger partial charge in [-0.15, -0.1) is 0 Å². The molecule has 2 amide bonds. The van der Waals surface area contributed by atoms with Gasteiger partial charge < -0.3 is 10.2 Å². The van der Waals surface area contributed by atoms with Crippen molar-refractivity contribution in [3.63, 3.8) is 0 Å². The lowest BCUT2D eigenvalue weighted by molar-refractivity contribution is -0.140. The van der Waals surface area contributed by atoms with Gasteiger partial charge >= 0.3 is 0 Å². The van der Waals surface area contributed by atoms with E-state index in [1.165, 1.54) is 5.56 Å². The maximum atomic E-state index is 12.9. The van der Waals surface area contributed by atoms with Gasteiger partial charge in [0.1, 0.15) is 6.04 Å². The quantitative estimate of drug-likeness (QED) is 0.791. The topological polar surface area (TPSA) is 49.4 Å². The van der Waals surface area contributed by atoms with Crippen LogP contribution in [0.5, 0.6) is 0 Å². The zero-order valence-corrected chi connectivity index (χ0v) is 15.9. The fourth-order valence-corrected chi connectivity index (χ4v) is 2.83. The van der Waals surface area contributed by atoms with E-state index in [2.05, 4.69) is 29.6 Å². The highest BCUT2D eigenvalue weighted by molar-refractivity contribution is 5.87. The van der Waals surface area contributed by atoms with Crippen molar-refractivity contribution in [3.05, 3.63) is 71.3 Å². The van der Waals surface area contributed by atoms with E-state index in [9.17, 15) is 9.59 Å². The van der Waals surface area contributed by atoms with Crippen molar-refractivity contribution in [2.45, 2.75) is 46.2 Å². The molecule has 4 heteroatoms. The van der Waals surface area contributed by atoms with Crippen molar-refractivity contribution < 1.29 is 9.59 Å². The number of carbonyl (C=O) groups is 2. The maximum absolute atomic E-state index is 12.9. The summed E-state index contributed by atoms with van der Waals surface area (Å²) < 4.78 is 0. The minimum Gasteiger partial charge on any atom is -0.355 e. The van der Waals surface area contributed by atoms with Crippen molar-refractivity contribution in [2.75, 3.05) is 6.54 Å². The van der Waals surface area contributed by atoms with Gasteiger partial charge in [0.2, 0.25) is 11.8 Å². The summed E-state index contributed by atoms with van der Waals surface area (Å²) in [6.45, 7) is 6.71. The van der Waals surface area contributed by atoms with E-state index in [0.29, 0.717) is 25.9 Å². The van der Waals surface area contributed by atoms with Crippen LogP contribution < -0.4 is 5.32 Å². The van der Waals surface area contributed by atoms with Crippen LogP contribution in [0.1, 0.15) is 37.0 Å². The van der Waals surface area contributed by atoms with Gasteiger partial charge in [-0.1, -0.05) is 60.2 Å². The van der Waals surface area contributed by atoms with E-state index in [-0.39, 0.29) is 11.8 Å². The second-order valence-electron chi connectivity index (χ2n) is 6.56. The summed E-state index contributed by atoms with van der Waals surface area (Å²) >= 11 is 0. The number of hydrogen-bond donors (Lipinski definition) is 1. The zero-order chi connectivity index (χ0) is 18.9. The van der Waals surface area contributed by atoms with E-state index >= 15 is 0 Å². The molecule has 0 radical (unpaired) electrons. The normalized spacial score (nSPS) is 11.7. The number of nitrogens with zero attached hydrogens (tertiary/aromatic N) is 1. The first-order chi connectivity index (χ1) is 12.5. The van der Waals surface area contributed by atoms with Crippen molar-refractivity contribution in [3.8, 4) is 0 Å². The molecule has 0 aliphatic heterocycles. The molecule has 0 heterocycles. The number of aryl methyl sites for hydroxylation is 2. The minimum absolute atomic E-state index is 0.00631. The first kappa shape index (κ1) is 19.7. The molecule has 0 bridgehead atoms. The maximum Gasteiger partial charge on any atom is 0.242 e. The second kappa shape index (κ2) is 9.76. The van der Waals surface area contributed by atoms with Gasteiger partial charge in [-0.3, -0.25) is 9.59 Å². The fourth-order valence-electron chi connectivity index (χ4n) is 2.83. The van der Waals surface area contributed by atoms with Crippen molar-refractivity contribution in [1.29, 1.82) is 0 Å². The number of benzene rings is 2.